The van der Waals surface area contributed by atoms with Gasteiger partial charge in [0.15, 0.2) is 0 Å². The Kier molecular flexibility index (Phi) is 42.5. The minimum absolute atomic E-state index is 0.298. The zero-order valence-electron chi connectivity index (χ0n) is 72.6. The van der Waals surface area contributed by atoms with E-state index < -0.39 is 0 Å². The number of phenols is 8. The van der Waals surface area contributed by atoms with Crippen LogP contribution in [0.15, 0.2) is 97.1 Å². The summed E-state index contributed by atoms with van der Waals surface area (Å²) in [6.45, 7) is 36.7. The Bertz CT molecular complexity index is 3780. The second-order valence-electron chi connectivity index (χ2n) is 32.2. The first-order valence-corrected chi connectivity index (χ1v) is 44.1. The monoisotopic (exact) mass is 1520 g/mol. The molecule has 8 rings (SSSR count). The maximum absolute atomic E-state index is 10.8. The molecule has 0 atom stereocenters. The van der Waals surface area contributed by atoms with Crippen molar-refractivity contribution in [2.45, 2.75) is 361 Å². The highest BCUT2D eigenvalue weighted by Crippen LogP contribution is 2.41. The molecule has 0 aliphatic carbocycles. The first-order chi connectivity index (χ1) is 53.4. The number of benzene rings is 8. The van der Waals surface area contributed by atoms with Gasteiger partial charge in [-0.3, -0.25) is 0 Å². The fourth-order valence-electron chi connectivity index (χ4n) is 15.6. The van der Waals surface area contributed by atoms with Crippen LogP contribution in [0.4, 0.5) is 0 Å². The Balaban J connectivity index is 0.000000265. The van der Waals surface area contributed by atoms with Gasteiger partial charge in [0.2, 0.25) is 0 Å². The molecule has 0 heterocycles. The Hall–Kier alpha value is -7.84. The molecule has 0 spiro atoms. The lowest BCUT2D eigenvalue weighted by Gasteiger charge is -2.24. The average molecular weight is 1520 g/mol. The first-order valence-electron chi connectivity index (χ1n) is 44.1. The largest absolute Gasteiger partial charge is 0.508 e. The number of hydrogen-bond donors (Lipinski definition) is 8. The molecule has 0 fully saturated rings. The normalized spacial score (nSPS) is 11.2. The van der Waals surface area contributed by atoms with Gasteiger partial charge in [0, 0.05) is 18.8 Å². The molecule has 0 radical (unpaired) electrons. The summed E-state index contributed by atoms with van der Waals surface area (Å²) in [5.41, 5.74) is 26.7. The zero-order chi connectivity index (χ0) is 81.5. The van der Waals surface area contributed by atoms with Gasteiger partial charge >= 0.3 is 0 Å². The molecular weight excluding hydrogens is 1370 g/mol. The van der Waals surface area contributed by atoms with E-state index in [1.165, 1.54) is 33.4 Å². The number of rotatable bonds is 42. The summed E-state index contributed by atoms with van der Waals surface area (Å²) < 4.78 is 0. The summed E-state index contributed by atoms with van der Waals surface area (Å²) in [4.78, 5) is 0. The van der Waals surface area contributed by atoms with Gasteiger partial charge in [0.25, 0.3) is 0 Å². The van der Waals surface area contributed by atoms with Crippen molar-refractivity contribution in [1.29, 1.82) is 0 Å². The summed E-state index contributed by atoms with van der Waals surface area (Å²) in [5, 5.41) is 85.6. The fourth-order valence-corrected chi connectivity index (χ4v) is 15.6. The van der Waals surface area contributed by atoms with Crippen LogP contribution >= 0.6 is 0 Å². The van der Waals surface area contributed by atoms with Crippen LogP contribution in [0.5, 0.6) is 46.0 Å². The second kappa shape index (κ2) is 50.3. The van der Waals surface area contributed by atoms with E-state index in [1.54, 1.807) is 0 Å². The molecule has 8 heteroatoms. The minimum Gasteiger partial charge on any atom is -0.508 e. The Morgan fingerprint density at radius 1 is 0.216 bits per heavy atom. The second-order valence-corrected chi connectivity index (χ2v) is 32.2. The molecular formula is C103H150O8. The lowest BCUT2D eigenvalue weighted by atomic mass is 9.81. The van der Waals surface area contributed by atoms with Crippen molar-refractivity contribution >= 4 is 0 Å². The Labute approximate surface area is 674 Å². The lowest BCUT2D eigenvalue weighted by molar-refractivity contribution is 0.453. The van der Waals surface area contributed by atoms with Crippen molar-refractivity contribution in [2.75, 3.05) is 0 Å². The summed E-state index contributed by atoms with van der Waals surface area (Å²) >= 11 is 0. The maximum Gasteiger partial charge on any atom is 0.122 e. The topological polar surface area (TPSA) is 162 Å². The number of phenolic OH excluding ortho intramolecular Hbond substituents is 8. The van der Waals surface area contributed by atoms with Gasteiger partial charge in [-0.1, -0.05) is 257 Å². The fraction of sp³-hybridized carbons (Fsp3) is 0.534. The molecule has 8 nitrogen and oxygen atoms in total. The number of aromatic hydroxyl groups is 8. The van der Waals surface area contributed by atoms with Crippen LogP contribution in [0.1, 0.15) is 371 Å². The molecule has 111 heavy (non-hydrogen) atoms. The molecule has 8 aromatic carbocycles. The molecule has 0 saturated carbocycles. The third-order valence-electron chi connectivity index (χ3n) is 22.4. The van der Waals surface area contributed by atoms with Crippen molar-refractivity contribution in [3.63, 3.8) is 0 Å². The van der Waals surface area contributed by atoms with Gasteiger partial charge in [-0.2, -0.15) is 0 Å². The van der Waals surface area contributed by atoms with Crippen molar-refractivity contribution in [2.24, 2.45) is 0 Å². The van der Waals surface area contributed by atoms with Gasteiger partial charge in [0.05, 0.1) is 0 Å². The summed E-state index contributed by atoms with van der Waals surface area (Å²) in [6, 6.07) is 33.9. The van der Waals surface area contributed by atoms with Crippen molar-refractivity contribution < 1.29 is 40.9 Å². The van der Waals surface area contributed by atoms with E-state index >= 15 is 0 Å². The molecule has 0 bridgehead atoms. The third kappa shape index (κ3) is 29.3. The summed E-state index contributed by atoms with van der Waals surface area (Å²) in [6.07, 6.45) is 37.4. The lowest BCUT2D eigenvalue weighted by Crippen LogP contribution is -2.07. The van der Waals surface area contributed by atoms with Gasteiger partial charge in [0.1, 0.15) is 46.0 Å². The Morgan fingerprint density at radius 2 is 0.423 bits per heavy atom. The predicted molar refractivity (Wildman–Crippen MR) is 474 cm³/mol. The number of aryl methyl sites for hydroxylation is 16. The molecule has 0 amide bonds. The van der Waals surface area contributed by atoms with Crippen LogP contribution in [-0.2, 0) is 96.3 Å². The standard InChI is InChI=1S/C29H44O2.C26H38O2.C25H36O2.C23H32O2/c1-5-9-13-24-18-22(19-25(28(24)30)14-10-6-2)17-23-20-26(15-11-7-3)29(31)27(21-23)16-12-8-4;1-6-9-12-20-16-23(18(4)14-25(20)27)22(11-8-3)24-17-21(13-10-7-2)26(28)15-19(24)5;1-5-9-11-20-13-18(7-3)15-22(24(20)26)17-23-16-19(8-4)14-21(25(23)27)12-10-6-2;1-5-7-9-18-11-16(3)13-20(22(18)24)15-21-14-17(4)12-19(23(21)25)10-8-6-2/h18-21,30-31H,5-17H2,1-4H3;14-17,22,27-28H,6-13H2,1-5H3;13-16,26-27H,5-12,17H2,1-4H3;11-14,24-25H,5-10,15H2,1-4H3. The highest BCUT2D eigenvalue weighted by Gasteiger charge is 2.23. The van der Waals surface area contributed by atoms with E-state index in [0.29, 0.717) is 64.8 Å². The van der Waals surface area contributed by atoms with E-state index in [4.69, 9.17) is 0 Å². The van der Waals surface area contributed by atoms with E-state index in [2.05, 4.69) is 190 Å². The zero-order valence-corrected chi connectivity index (χ0v) is 72.6. The molecule has 0 unspecified atom stereocenters. The van der Waals surface area contributed by atoms with Crippen LogP contribution in [0.3, 0.4) is 0 Å². The molecule has 0 aliphatic rings. The van der Waals surface area contributed by atoms with Crippen LogP contribution in [0.2, 0.25) is 0 Å². The van der Waals surface area contributed by atoms with Crippen LogP contribution in [0.25, 0.3) is 0 Å². The molecule has 0 aromatic heterocycles. The minimum atomic E-state index is 0.298. The van der Waals surface area contributed by atoms with Crippen molar-refractivity contribution in [3.05, 3.63) is 231 Å². The quantitative estimate of drug-likeness (QED) is 0.0188. The number of hydrogen-bond acceptors (Lipinski definition) is 8. The van der Waals surface area contributed by atoms with Crippen LogP contribution < -0.4 is 0 Å². The molecule has 610 valence electrons. The smallest absolute Gasteiger partial charge is 0.122 e. The average Bonchev–Trinajstić information content (AvgIpc) is 0.797. The van der Waals surface area contributed by atoms with E-state index in [1.807, 2.05) is 24.3 Å². The highest BCUT2D eigenvalue weighted by atomic mass is 16.3. The van der Waals surface area contributed by atoms with Crippen molar-refractivity contribution in [3.8, 4) is 46.0 Å². The van der Waals surface area contributed by atoms with E-state index in [9.17, 15) is 40.9 Å². The van der Waals surface area contributed by atoms with Gasteiger partial charge < -0.3 is 40.9 Å². The van der Waals surface area contributed by atoms with Gasteiger partial charge in [-0.25, -0.2) is 0 Å². The van der Waals surface area contributed by atoms with Crippen molar-refractivity contribution in [1.82, 2.24) is 0 Å². The summed E-state index contributed by atoms with van der Waals surface area (Å²) in [5.74, 6) is 3.81. The number of unbranched alkanes of at least 4 members (excludes halogenated alkanes) is 10. The van der Waals surface area contributed by atoms with Gasteiger partial charge in [-0.05, 0) is 316 Å². The first kappa shape index (κ1) is 93.8. The molecule has 8 aromatic rings. The SMILES string of the molecule is CCCCc1cc(C(CCC)c2cc(CCCC)c(O)cc2C)c(C)cc1O.CCCCc1cc(C)cc(Cc2cc(C)cc(CCCC)c2O)c1O.CCCCc1cc(CC)cc(Cc2cc(CC)cc(CCCC)c2O)c1O.CCCCc1cc(Cc2cc(CCCC)c(O)c(CCCC)c2)cc(CCCC)c1O. The maximum atomic E-state index is 10.8. The molecule has 0 saturated heterocycles. The van der Waals surface area contributed by atoms with Crippen LogP contribution in [-0.4, -0.2) is 40.9 Å². The van der Waals surface area contributed by atoms with E-state index in [-0.39, 0.29) is 0 Å². The third-order valence-corrected chi connectivity index (χ3v) is 22.4. The Morgan fingerprint density at radius 3 is 0.667 bits per heavy atom. The van der Waals surface area contributed by atoms with E-state index in [0.717, 1.165) is 325 Å². The molecule has 8 N–H and O–H groups in total. The predicted octanol–water partition coefficient (Wildman–Crippen LogP) is 27.9. The summed E-state index contributed by atoms with van der Waals surface area (Å²) in [7, 11) is 0. The van der Waals surface area contributed by atoms with Crippen LogP contribution in [0, 0.1) is 27.7 Å². The highest BCUT2D eigenvalue weighted by molar-refractivity contribution is 5.55. The molecule has 0 aliphatic heterocycles. The van der Waals surface area contributed by atoms with Gasteiger partial charge in [-0.15, -0.1) is 0 Å².